The molecule has 0 heterocycles. The summed E-state index contributed by atoms with van der Waals surface area (Å²) in [7, 11) is 1.24. The number of terminal acetylenes is 1. The molecule has 1 atom stereocenters. The second kappa shape index (κ2) is 8.64. The van der Waals surface area contributed by atoms with Crippen molar-refractivity contribution in [3.63, 3.8) is 0 Å². The fraction of sp³-hybridized carbons (Fsp3) is 0.375. The van der Waals surface area contributed by atoms with Crippen molar-refractivity contribution in [2.24, 2.45) is 5.92 Å². The number of hydrogen-bond acceptors (Lipinski definition) is 5. The van der Waals surface area contributed by atoms with Gasteiger partial charge in [-0.3, -0.25) is 9.59 Å². The zero-order valence-electron chi connectivity index (χ0n) is 12.1. The molecule has 0 bridgehead atoms. The molecule has 1 aromatic carbocycles. The SMILES string of the molecule is C#CCOc1ccc(CC(C(=O)OC)C(=O)OCC)cc1. The summed E-state index contributed by atoms with van der Waals surface area (Å²) in [5, 5.41) is 0. The van der Waals surface area contributed by atoms with Crippen LogP contribution < -0.4 is 4.74 Å². The van der Waals surface area contributed by atoms with Gasteiger partial charge in [0.2, 0.25) is 0 Å². The average Bonchev–Trinajstić information content (AvgIpc) is 2.51. The van der Waals surface area contributed by atoms with Gasteiger partial charge < -0.3 is 14.2 Å². The summed E-state index contributed by atoms with van der Waals surface area (Å²) in [6, 6.07) is 6.99. The summed E-state index contributed by atoms with van der Waals surface area (Å²) in [6.07, 6.45) is 5.31. The number of carbonyl (C=O) groups is 2. The van der Waals surface area contributed by atoms with E-state index < -0.39 is 17.9 Å². The number of carbonyl (C=O) groups excluding carboxylic acids is 2. The number of benzene rings is 1. The van der Waals surface area contributed by atoms with E-state index in [-0.39, 0.29) is 19.6 Å². The molecular formula is C16H18O5. The normalized spacial score (nSPS) is 11.1. The van der Waals surface area contributed by atoms with Gasteiger partial charge in [0.05, 0.1) is 13.7 Å². The van der Waals surface area contributed by atoms with Gasteiger partial charge in [0.15, 0.2) is 5.92 Å². The van der Waals surface area contributed by atoms with Gasteiger partial charge in [-0.15, -0.1) is 6.42 Å². The quantitative estimate of drug-likeness (QED) is 0.433. The maximum atomic E-state index is 11.8. The monoisotopic (exact) mass is 290 g/mol. The number of methoxy groups -OCH3 is 1. The van der Waals surface area contributed by atoms with Gasteiger partial charge >= 0.3 is 11.9 Å². The summed E-state index contributed by atoms with van der Waals surface area (Å²) in [4.78, 5) is 23.5. The van der Waals surface area contributed by atoms with E-state index in [1.165, 1.54) is 7.11 Å². The van der Waals surface area contributed by atoms with Gasteiger partial charge in [-0.05, 0) is 31.0 Å². The van der Waals surface area contributed by atoms with E-state index in [1.54, 1.807) is 31.2 Å². The molecule has 0 amide bonds. The molecule has 0 fully saturated rings. The third-order valence-corrected chi connectivity index (χ3v) is 2.74. The van der Waals surface area contributed by atoms with Gasteiger partial charge in [-0.25, -0.2) is 0 Å². The van der Waals surface area contributed by atoms with E-state index in [4.69, 9.17) is 15.9 Å². The lowest BCUT2D eigenvalue weighted by molar-refractivity contribution is -0.160. The highest BCUT2D eigenvalue weighted by Gasteiger charge is 2.29. The second-order valence-electron chi connectivity index (χ2n) is 4.17. The first-order chi connectivity index (χ1) is 10.1. The van der Waals surface area contributed by atoms with Crippen LogP contribution in [0.5, 0.6) is 5.75 Å². The summed E-state index contributed by atoms with van der Waals surface area (Å²) in [6.45, 7) is 2.09. The van der Waals surface area contributed by atoms with Crippen LogP contribution in [0.25, 0.3) is 0 Å². The molecule has 0 saturated carbocycles. The van der Waals surface area contributed by atoms with Crippen LogP contribution in [-0.2, 0) is 25.5 Å². The van der Waals surface area contributed by atoms with Crippen LogP contribution in [0.3, 0.4) is 0 Å². The standard InChI is InChI=1S/C16H18O5/c1-4-10-21-13-8-6-12(7-9-13)11-14(15(17)19-3)16(18)20-5-2/h1,6-9,14H,5,10-11H2,2-3H3. The second-order valence-corrected chi connectivity index (χ2v) is 4.17. The molecular weight excluding hydrogens is 272 g/mol. The number of esters is 2. The maximum Gasteiger partial charge on any atom is 0.320 e. The van der Waals surface area contributed by atoms with E-state index >= 15 is 0 Å². The van der Waals surface area contributed by atoms with Crippen molar-refractivity contribution in [2.75, 3.05) is 20.3 Å². The Hall–Kier alpha value is -2.48. The van der Waals surface area contributed by atoms with E-state index in [9.17, 15) is 9.59 Å². The van der Waals surface area contributed by atoms with Crippen molar-refractivity contribution < 1.29 is 23.8 Å². The molecule has 5 heteroatoms. The molecule has 0 N–H and O–H groups in total. The van der Waals surface area contributed by atoms with Crippen molar-refractivity contribution in [3.05, 3.63) is 29.8 Å². The molecule has 0 radical (unpaired) electrons. The Kier molecular flexibility index (Phi) is 6.82. The van der Waals surface area contributed by atoms with E-state index in [0.717, 1.165) is 5.56 Å². The zero-order valence-corrected chi connectivity index (χ0v) is 12.1. The lowest BCUT2D eigenvalue weighted by atomic mass is 9.99. The number of ether oxygens (including phenoxy) is 3. The summed E-state index contributed by atoms with van der Waals surface area (Å²) in [5.74, 6) is 0.836. The Morgan fingerprint density at radius 1 is 1.24 bits per heavy atom. The molecule has 0 aliphatic heterocycles. The Morgan fingerprint density at radius 3 is 2.43 bits per heavy atom. The highest BCUT2D eigenvalue weighted by Crippen LogP contribution is 2.17. The van der Waals surface area contributed by atoms with Crippen molar-refractivity contribution in [2.45, 2.75) is 13.3 Å². The maximum absolute atomic E-state index is 11.8. The number of rotatable bonds is 7. The van der Waals surface area contributed by atoms with E-state index in [2.05, 4.69) is 10.7 Å². The molecule has 1 aromatic rings. The molecule has 112 valence electrons. The van der Waals surface area contributed by atoms with E-state index in [1.807, 2.05) is 0 Å². The van der Waals surface area contributed by atoms with Crippen molar-refractivity contribution >= 4 is 11.9 Å². The van der Waals surface area contributed by atoms with Crippen LogP contribution >= 0.6 is 0 Å². The third-order valence-electron chi connectivity index (χ3n) is 2.74. The minimum Gasteiger partial charge on any atom is -0.481 e. The summed E-state index contributed by atoms with van der Waals surface area (Å²) >= 11 is 0. The Balaban J connectivity index is 2.76. The summed E-state index contributed by atoms with van der Waals surface area (Å²) in [5.41, 5.74) is 0.798. The Labute approximate surface area is 124 Å². The molecule has 0 saturated heterocycles. The van der Waals surface area contributed by atoms with E-state index in [0.29, 0.717) is 5.75 Å². The molecule has 21 heavy (non-hydrogen) atoms. The first-order valence-corrected chi connectivity index (χ1v) is 6.52. The first kappa shape index (κ1) is 16.6. The van der Waals surface area contributed by atoms with Crippen LogP contribution in [0.2, 0.25) is 0 Å². The number of hydrogen-bond donors (Lipinski definition) is 0. The van der Waals surface area contributed by atoms with Gasteiger partial charge in [-0.2, -0.15) is 0 Å². The lowest BCUT2D eigenvalue weighted by Gasteiger charge is -2.13. The molecule has 1 unspecified atom stereocenters. The van der Waals surface area contributed by atoms with Crippen LogP contribution in [0.1, 0.15) is 12.5 Å². The molecule has 0 spiro atoms. The minimum absolute atomic E-state index is 0.187. The largest absolute Gasteiger partial charge is 0.481 e. The minimum atomic E-state index is -0.965. The van der Waals surface area contributed by atoms with Crippen LogP contribution in [0, 0.1) is 18.3 Å². The molecule has 1 rings (SSSR count). The highest BCUT2D eigenvalue weighted by molar-refractivity contribution is 5.95. The van der Waals surface area contributed by atoms with Gasteiger partial charge in [0.1, 0.15) is 12.4 Å². The fourth-order valence-corrected chi connectivity index (χ4v) is 1.73. The van der Waals surface area contributed by atoms with Gasteiger partial charge in [0.25, 0.3) is 0 Å². The third kappa shape index (κ3) is 5.19. The van der Waals surface area contributed by atoms with Crippen LogP contribution in [0.15, 0.2) is 24.3 Å². The average molecular weight is 290 g/mol. The van der Waals surface area contributed by atoms with Crippen LogP contribution in [0.4, 0.5) is 0 Å². The lowest BCUT2D eigenvalue weighted by Crippen LogP contribution is -2.29. The smallest absolute Gasteiger partial charge is 0.320 e. The topological polar surface area (TPSA) is 61.8 Å². The molecule has 0 aliphatic rings. The van der Waals surface area contributed by atoms with Crippen molar-refractivity contribution in [3.8, 4) is 18.1 Å². The van der Waals surface area contributed by atoms with Crippen molar-refractivity contribution in [1.82, 2.24) is 0 Å². The predicted molar refractivity (Wildman–Crippen MR) is 76.6 cm³/mol. The zero-order chi connectivity index (χ0) is 15.7. The Bertz CT molecular complexity index is 512. The summed E-state index contributed by atoms with van der Waals surface area (Å²) < 4.78 is 14.8. The van der Waals surface area contributed by atoms with Crippen molar-refractivity contribution in [1.29, 1.82) is 0 Å². The Morgan fingerprint density at radius 2 is 1.90 bits per heavy atom. The van der Waals surface area contributed by atoms with Gasteiger partial charge in [0, 0.05) is 0 Å². The first-order valence-electron chi connectivity index (χ1n) is 6.52. The van der Waals surface area contributed by atoms with Gasteiger partial charge in [-0.1, -0.05) is 18.1 Å². The highest BCUT2D eigenvalue weighted by atomic mass is 16.5. The molecule has 0 aromatic heterocycles. The van der Waals surface area contributed by atoms with Crippen LogP contribution in [-0.4, -0.2) is 32.3 Å². The molecule has 5 nitrogen and oxygen atoms in total. The molecule has 0 aliphatic carbocycles. The fourth-order valence-electron chi connectivity index (χ4n) is 1.73. The predicted octanol–water partition coefficient (Wildman–Crippen LogP) is 1.59.